The van der Waals surface area contributed by atoms with Gasteiger partial charge in [-0.25, -0.2) is 4.57 Å². The molecule has 0 aliphatic heterocycles. The van der Waals surface area contributed by atoms with Gasteiger partial charge < -0.3 is 25.9 Å². The normalized spacial score (nSPS) is 13.5. The first-order chi connectivity index (χ1) is 13.3. The topological polar surface area (TPSA) is 146 Å². The minimum Gasteiger partial charge on any atom is -0.395 e. The Morgan fingerprint density at radius 2 is 1.32 bits per heavy atom. The van der Waals surface area contributed by atoms with E-state index in [1.54, 1.807) is 4.90 Å². The van der Waals surface area contributed by atoms with Gasteiger partial charge in [0.15, 0.2) is 0 Å². The maximum absolute atomic E-state index is 11.2. The monoisotopic (exact) mass is 430 g/mol. The van der Waals surface area contributed by atoms with Crippen molar-refractivity contribution in [1.82, 2.24) is 4.90 Å². The predicted octanol–water partition coefficient (Wildman–Crippen LogP) is 1.34. The van der Waals surface area contributed by atoms with E-state index in [4.69, 9.17) is 25.6 Å². The Labute approximate surface area is 170 Å². The molecule has 0 aliphatic carbocycles. The van der Waals surface area contributed by atoms with Gasteiger partial charge >= 0.3 is 7.82 Å². The number of nitrogens with zero attached hydrogens (tertiary/aromatic N) is 1. The van der Waals surface area contributed by atoms with Crippen molar-refractivity contribution in [2.45, 2.75) is 52.4 Å². The molecule has 0 radical (unpaired) electrons. The minimum absolute atomic E-state index is 0.0446. The van der Waals surface area contributed by atoms with Crippen LogP contribution in [-0.2, 0) is 13.6 Å². The third kappa shape index (κ3) is 23.9. The highest BCUT2D eigenvalue weighted by Gasteiger charge is 2.19. The maximum atomic E-state index is 11.2. The van der Waals surface area contributed by atoms with E-state index >= 15 is 0 Å². The van der Waals surface area contributed by atoms with Crippen LogP contribution in [0.15, 0.2) is 0 Å². The molecule has 0 bridgehead atoms. The number of phosphoric ester groups is 1. The van der Waals surface area contributed by atoms with Crippen molar-refractivity contribution >= 4 is 7.82 Å². The summed E-state index contributed by atoms with van der Waals surface area (Å²) in [6, 6.07) is 0. The van der Waals surface area contributed by atoms with E-state index in [0.29, 0.717) is 19.6 Å². The molecule has 0 rings (SSSR count). The van der Waals surface area contributed by atoms with Crippen molar-refractivity contribution in [3.63, 3.8) is 0 Å². The molecular weight excluding hydrogens is 387 g/mol. The quantitative estimate of drug-likeness (QED) is 0.161. The fourth-order valence-corrected chi connectivity index (χ4v) is 3.10. The fourth-order valence-electron chi connectivity index (χ4n) is 2.33. The van der Waals surface area contributed by atoms with Crippen LogP contribution in [0.2, 0.25) is 0 Å². The highest BCUT2D eigenvalue weighted by molar-refractivity contribution is 7.47. The molecule has 0 aromatic heterocycles. The molecule has 0 saturated carbocycles. The molecule has 0 saturated heterocycles. The van der Waals surface area contributed by atoms with Crippen molar-refractivity contribution in [3.8, 4) is 0 Å². The van der Waals surface area contributed by atoms with Crippen LogP contribution >= 0.6 is 7.82 Å². The molecule has 0 amide bonds. The lowest BCUT2D eigenvalue weighted by Gasteiger charge is -2.17. The van der Waals surface area contributed by atoms with Crippen LogP contribution in [0.3, 0.4) is 0 Å². The van der Waals surface area contributed by atoms with Gasteiger partial charge in [0, 0.05) is 26.2 Å². The summed E-state index contributed by atoms with van der Waals surface area (Å²) in [6.07, 6.45) is 6.72. The highest BCUT2D eigenvalue weighted by Crippen LogP contribution is 2.42. The van der Waals surface area contributed by atoms with Gasteiger partial charge in [-0.05, 0) is 12.3 Å². The molecule has 0 aromatic rings. The first-order valence-corrected chi connectivity index (χ1v) is 11.7. The lowest BCUT2D eigenvalue weighted by molar-refractivity contribution is 0.136. The van der Waals surface area contributed by atoms with Crippen LogP contribution in [-0.4, -0.2) is 84.3 Å². The summed E-state index contributed by atoms with van der Waals surface area (Å²) < 4.78 is 20.7. The summed E-state index contributed by atoms with van der Waals surface area (Å²) in [4.78, 5) is 11.0. The van der Waals surface area contributed by atoms with Crippen LogP contribution < -0.4 is 5.73 Å². The zero-order chi connectivity index (χ0) is 21.7. The highest BCUT2D eigenvalue weighted by atomic mass is 31.2. The summed E-state index contributed by atoms with van der Waals surface area (Å²) in [7, 11) is -3.86. The Balaban J connectivity index is 0. The molecule has 0 fully saturated rings. The summed E-state index contributed by atoms with van der Waals surface area (Å²) >= 11 is 0. The largest absolute Gasteiger partial charge is 0.472 e. The van der Waals surface area contributed by atoms with Gasteiger partial charge in [-0.2, -0.15) is 0 Å². The van der Waals surface area contributed by atoms with Crippen LogP contribution in [0.25, 0.3) is 0 Å². The lowest BCUT2D eigenvalue weighted by Crippen LogP contribution is -2.32. The predicted molar refractivity (Wildman–Crippen MR) is 111 cm³/mol. The number of nitrogens with two attached hydrogens (primary N) is 1. The molecule has 1 atom stereocenters. The summed E-state index contributed by atoms with van der Waals surface area (Å²) in [6.45, 7) is 6.74. The van der Waals surface area contributed by atoms with Gasteiger partial charge in [0.25, 0.3) is 0 Å². The summed E-state index contributed by atoms with van der Waals surface area (Å²) in [5.74, 6) is 0.772. The van der Waals surface area contributed by atoms with E-state index in [1.807, 2.05) is 0 Å². The number of rotatable bonds is 18. The molecule has 6 N–H and O–H groups in total. The molecular formula is C18H43N2O7P. The van der Waals surface area contributed by atoms with Crippen molar-refractivity contribution in [1.29, 1.82) is 0 Å². The minimum atomic E-state index is -3.86. The first kappa shape index (κ1) is 30.1. The van der Waals surface area contributed by atoms with Crippen LogP contribution in [0.1, 0.15) is 52.4 Å². The number of hydrogen-bond acceptors (Lipinski definition) is 8. The zero-order valence-electron chi connectivity index (χ0n) is 17.7. The Bertz CT molecular complexity index is 349. The Hall–Kier alpha value is -0.0900. The van der Waals surface area contributed by atoms with Gasteiger partial charge in [-0.15, -0.1) is 0 Å². The lowest BCUT2D eigenvalue weighted by atomic mass is 10.0. The average Bonchev–Trinajstić information content (AvgIpc) is 2.63. The Morgan fingerprint density at radius 3 is 1.79 bits per heavy atom. The molecule has 172 valence electrons. The number of aliphatic hydroxyl groups excluding tert-OH is 3. The first-order valence-electron chi connectivity index (χ1n) is 10.2. The van der Waals surface area contributed by atoms with Gasteiger partial charge in [-0.3, -0.25) is 13.9 Å². The van der Waals surface area contributed by atoms with Crippen molar-refractivity contribution < 1.29 is 33.8 Å². The molecule has 0 heterocycles. The van der Waals surface area contributed by atoms with Gasteiger partial charge in [-0.1, -0.05) is 46.0 Å². The molecule has 0 spiro atoms. The van der Waals surface area contributed by atoms with E-state index in [9.17, 15) is 9.46 Å². The molecule has 0 aliphatic rings. The van der Waals surface area contributed by atoms with Crippen molar-refractivity contribution in [3.05, 3.63) is 0 Å². The number of hydrogen-bond donors (Lipinski definition) is 5. The second-order valence-electron chi connectivity index (χ2n) is 6.89. The fraction of sp³-hybridized carbons (Fsp3) is 1.00. The summed E-state index contributed by atoms with van der Waals surface area (Å²) in [5, 5.41) is 25.5. The van der Waals surface area contributed by atoms with E-state index in [0.717, 1.165) is 25.2 Å². The smallest absolute Gasteiger partial charge is 0.395 e. The van der Waals surface area contributed by atoms with E-state index in [-0.39, 0.29) is 39.6 Å². The number of phosphoric acid groups is 1. The SMILES string of the molecule is CC(C)CCCCCCCOP(=O)(O)OCCN.OCCN(CCO)CCO. The molecule has 1 unspecified atom stereocenters. The van der Waals surface area contributed by atoms with Gasteiger partial charge in [0.2, 0.25) is 0 Å². The van der Waals surface area contributed by atoms with E-state index in [1.165, 1.54) is 19.3 Å². The second-order valence-corrected chi connectivity index (χ2v) is 8.34. The molecule has 28 heavy (non-hydrogen) atoms. The average molecular weight is 431 g/mol. The Kier molecular flexibility index (Phi) is 23.2. The Morgan fingerprint density at radius 1 is 0.857 bits per heavy atom. The zero-order valence-corrected chi connectivity index (χ0v) is 18.6. The molecule has 9 nitrogen and oxygen atoms in total. The third-order valence-electron chi connectivity index (χ3n) is 3.80. The standard InChI is InChI=1S/C12H28NO4P.C6H15NO3/c1-12(2)8-6-4-3-5-7-10-16-18(14,15)17-11-9-13;8-4-1-7(2-5-9)3-6-10/h12H,3-11,13H2,1-2H3,(H,14,15);8-10H,1-6H2. The van der Waals surface area contributed by atoms with Gasteiger partial charge in [0.05, 0.1) is 33.0 Å². The van der Waals surface area contributed by atoms with Crippen molar-refractivity contribution in [2.75, 3.05) is 59.2 Å². The number of aliphatic hydroxyl groups is 3. The molecule has 10 heteroatoms. The van der Waals surface area contributed by atoms with Crippen molar-refractivity contribution in [2.24, 2.45) is 11.7 Å². The number of unbranched alkanes of at least 4 members (excludes halogenated alkanes) is 4. The van der Waals surface area contributed by atoms with Crippen LogP contribution in [0.5, 0.6) is 0 Å². The van der Waals surface area contributed by atoms with Gasteiger partial charge in [0.1, 0.15) is 0 Å². The molecule has 0 aromatic carbocycles. The second kappa shape index (κ2) is 21.6. The third-order valence-corrected chi connectivity index (χ3v) is 4.82. The van der Waals surface area contributed by atoms with Crippen LogP contribution in [0, 0.1) is 5.92 Å². The van der Waals surface area contributed by atoms with E-state index in [2.05, 4.69) is 18.4 Å². The maximum Gasteiger partial charge on any atom is 0.472 e. The van der Waals surface area contributed by atoms with E-state index < -0.39 is 7.82 Å². The van der Waals surface area contributed by atoms with Crippen LogP contribution in [0.4, 0.5) is 0 Å². The summed E-state index contributed by atoms with van der Waals surface area (Å²) in [5.41, 5.74) is 5.17.